The van der Waals surface area contributed by atoms with Gasteiger partial charge in [0.1, 0.15) is 6.10 Å². The molecule has 21 heavy (non-hydrogen) atoms. The van der Waals surface area contributed by atoms with Crippen LogP contribution in [-0.2, 0) is 16.1 Å². The number of carbonyl (C=O) groups excluding carboxylic acids is 1. The highest BCUT2D eigenvalue weighted by Gasteiger charge is 2.28. The molecule has 0 saturated carbocycles. The lowest BCUT2D eigenvalue weighted by atomic mass is 9.98. The van der Waals surface area contributed by atoms with Crippen molar-refractivity contribution < 1.29 is 9.53 Å². The Morgan fingerprint density at radius 1 is 1.52 bits per heavy atom. The number of aryl methyl sites for hydroxylation is 1. The number of ether oxygens (including phenoxy) is 1. The number of amides is 1. The van der Waals surface area contributed by atoms with Gasteiger partial charge in [-0.3, -0.25) is 9.48 Å². The number of nitrogens with one attached hydrogen (secondary N) is 2. The molecule has 0 aliphatic carbocycles. The van der Waals surface area contributed by atoms with Crippen LogP contribution in [0.3, 0.4) is 0 Å². The van der Waals surface area contributed by atoms with Crippen LogP contribution in [0.25, 0.3) is 0 Å². The van der Waals surface area contributed by atoms with Crippen molar-refractivity contribution in [3.63, 3.8) is 0 Å². The molecule has 6 nitrogen and oxygen atoms in total. The predicted molar refractivity (Wildman–Crippen MR) is 80.9 cm³/mol. The number of hydrogen-bond acceptors (Lipinski definition) is 4. The number of aromatic nitrogens is 2. The van der Waals surface area contributed by atoms with E-state index in [-0.39, 0.29) is 18.1 Å². The second-order valence-corrected chi connectivity index (χ2v) is 5.40. The second kappa shape index (κ2) is 8.14. The van der Waals surface area contributed by atoms with Crippen LogP contribution in [0.1, 0.15) is 44.8 Å². The van der Waals surface area contributed by atoms with E-state index in [4.69, 9.17) is 4.74 Å². The fourth-order valence-corrected chi connectivity index (χ4v) is 2.57. The van der Waals surface area contributed by atoms with E-state index in [1.54, 1.807) is 0 Å². The van der Waals surface area contributed by atoms with E-state index in [1.807, 2.05) is 24.0 Å². The summed E-state index contributed by atoms with van der Waals surface area (Å²) in [6.07, 6.45) is 6.87. The molecule has 1 aromatic rings. The maximum atomic E-state index is 11.7. The van der Waals surface area contributed by atoms with Crippen LogP contribution in [0, 0.1) is 0 Å². The molecular formula is C15H26N4O2. The quantitative estimate of drug-likeness (QED) is 0.794. The Morgan fingerprint density at radius 2 is 2.38 bits per heavy atom. The molecule has 0 spiro atoms. The number of hydrogen-bond donors (Lipinski definition) is 2. The maximum Gasteiger partial charge on any atom is 0.233 e. The average Bonchev–Trinajstić information content (AvgIpc) is 3.00. The van der Waals surface area contributed by atoms with Crippen LogP contribution in [0.2, 0.25) is 0 Å². The first-order valence-corrected chi connectivity index (χ1v) is 7.88. The van der Waals surface area contributed by atoms with Gasteiger partial charge < -0.3 is 15.4 Å². The van der Waals surface area contributed by atoms with E-state index in [1.165, 1.54) is 0 Å². The van der Waals surface area contributed by atoms with Gasteiger partial charge in [0.05, 0.1) is 12.7 Å². The molecule has 1 amide bonds. The molecule has 1 aromatic heterocycles. The first-order valence-electron chi connectivity index (χ1n) is 7.88. The van der Waals surface area contributed by atoms with Crippen molar-refractivity contribution in [2.24, 2.45) is 0 Å². The molecule has 1 aliphatic rings. The van der Waals surface area contributed by atoms with Gasteiger partial charge in [-0.05, 0) is 26.2 Å². The van der Waals surface area contributed by atoms with Crippen molar-refractivity contribution in [2.45, 2.75) is 51.8 Å². The van der Waals surface area contributed by atoms with E-state index in [0.717, 1.165) is 44.5 Å². The number of carbonyl (C=O) groups is 1. The maximum absolute atomic E-state index is 11.7. The Labute approximate surface area is 126 Å². The Balaban J connectivity index is 1.91. The zero-order chi connectivity index (χ0) is 15.1. The molecule has 1 fully saturated rings. The topological polar surface area (TPSA) is 68.2 Å². The third-order valence-corrected chi connectivity index (χ3v) is 3.73. The van der Waals surface area contributed by atoms with E-state index in [2.05, 4.69) is 22.7 Å². The van der Waals surface area contributed by atoms with Crippen LogP contribution >= 0.6 is 0 Å². The van der Waals surface area contributed by atoms with Gasteiger partial charge in [-0.2, -0.15) is 5.10 Å². The number of nitrogens with zero attached hydrogens (tertiary/aromatic N) is 2. The van der Waals surface area contributed by atoms with E-state index in [0.29, 0.717) is 6.54 Å². The summed E-state index contributed by atoms with van der Waals surface area (Å²) in [7, 11) is 0. The largest absolute Gasteiger partial charge is 0.372 e. The van der Waals surface area contributed by atoms with Crippen molar-refractivity contribution in [1.82, 2.24) is 20.4 Å². The first-order chi connectivity index (χ1) is 10.2. The van der Waals surface area contributed by atoms with Crippen LogP contribution in [0.5, 0.6) is 0 Å². The molecule has 2 heterocycles. The minimum absolute atomic E-state index is 0.0157. The van der Waals surface area contributed by atoms with Crippen molar-refractivity contribution in [3.8, 4) is 0 Å². The van der Waals surface area contributed by atoms with Gasteiger partial charge in [-0.1, -0.05) is 6.92 Å². The summed E-state index contributed by atoms with van der Waals surface area (Å²) in [5, 5.41) is 10.5. The summed E-state index contributed by atoms with van der Waals surface area (Å²) in [6, 6.07) is 0.167. The zero-order valence-corrected chi connectivity index (χ0v) is 13.0. The third-order valence-electron chi connectivity index (χ3n) is 3.73. The fourth-order valence-electron chi connectivity index (χ4n) is 2.57. The molecule has 0 unspecified atom stereocenters. The first kappa shape index (κ1) is 16.0. The molecule has 2 N–H and O–H groups in total. The van der Waals surface area contributed by atoms with Gasteiger partial charge >= 0.3 is 0 Å². The monoisotopic (exact) mass is 294 g/mol. The molecule has 2 atom stereocenters. The molecular weight excluding hydrogens is 268 g/mol. The van der Waals surface area contributed by atoms with Crippen molar-refractivity contribution in [3.05, 3.63) is 18.0 Å². The smallest absolute Gasteiger partial charge is 0.233 e. The summed E-state index contributed by atoms with van der Waals surface area (Å²) in [6.45, 7) is 6.80. The molecule has 118 valence electrons. The van der Waals surface area contributed by atoms with Gasteiger partial charge in [0, 0.05) is 37.5 Å². The minimum Gasteiger partial charge on any atom is -0.372 e. The molecule has 1 saturated heterocycles. The van der Waals surface area contributed by atoms with E-state index < -0.39 is 0 Å². The van der Waals surface area contributed by atoms with Gasteiger partial charge in [0.25, 0.3) is 0 Å². The molecule has 0 radical (unpaired) electrons. The SMILES string of the molecule is CCCNC(=O)CN[C@@H]1CCCO[C@H]1c1cnn(CC)c1. The second-order valence-electron chi connectivity index (χ2n) is 5.40. The van der Waals surface area contributed by atoms with Gasteiger partial charge in [-0.15, -0.1) is 0 Å². The highest BCUT2D eigenvalue weighted by Crippen LogP contribution is 2.28. The summed E-state index contributed by atoms with van der Waals surface area (Å²) < 4.78 is 7.80. The summed E-state index contributed by atoms with van der Waals surface area (Å²) in [4.78, 5) is 11.7. The highest BCUT2D eigenvalue weighted by molar-refractivity contribution is 5.77. The molecule has 0 bridgehead atoms. The Kier molecular flexibility index (Phi) is 6.20. The van der Waals surface area contributed by atoms with Crippen LogP contribution in [0.4, 0.5) is 0 Å². The van der Waals surface area contributed by atoms with Crippen LogP contribution in [-0.4, -0.2) is 41.4 Å². The highest BCUT2D eigenvalue weighted by atomic mass is 16.5. The Morgan fingerprint density at radius 3 is 3.10 bits per heavy atom. The van der Waals surface area contributed by atoms with E-state index in [9.17, 15) is 4.79 Å². The van der Waals surface area contributed by atoms with Crippen molar-refractivity contribution in [2.75, 3.05) is 19.7 Å². The Hall–Kier alpha value is -1.40. The standard InChI is InChI=1S/C15H26N4O2/c1-3-7-16-14(20)10-17-13-6-5-8-21-15(13)12-9-18-19(4-2)11-12/h9,11,13,15,17H,3-8,10H2,1-2H3,(H,16,20)/t13-,15+/m1/s1. The summed E-state index contributed by atoms with van der Waals surface area (Å²) in [5.74, 6) is 0.0467. The van der Waals surface area contributed by atoms with Gasteiger partial charge in [-0.25, -0.2) is 0 Å². The lowest BCUT2D eigenvalue weighted by molar-refractivity contribution is -0.120. The molecule has 0 aromatic carbocycles. The van der Waals surface area contributed by atoms with E-state index >= 15 is 0 Å². The molecule has 2 rings (SSSR count). The fraction of sp³-hybridized carbons (Fsp3) is 0.733. The van der Waals surface area contributed by atoms with Gasteiger partial charge in [0.2, 0.25) is 5.91 Å². The summed E-state index contributed by atoms with van der Waals surface area (Å²) >= 11 is 0. The van der Waals surface area contributed by atoms with Gasteiger partial charge in [0.15, 0.2) is 0 Å². The predicted octanol–water partition coefficient (Wildman–Crippen LogP) is 1.24. The third kappa shape index (κ3) is 4.54. The normalized spacial score (nSPS) is 22.2. The minimum atomic E-state index is -0.0157. The van der Waals surface area contributed by atoms with Crippen molar-refractivity contribution in [1.29, 1.82) is 0 Å². The average molecular weight is 294 g/mol. The van der Waals surface area contributed by atoms with Crippen LogP contribution in [0.15, 0.2) is 12.4 Å². The zero-order valence-electron chi connectivity index (χ0n) is 13.0. The summed E-state index contributed by atoms with van der Waals surface area (Å²) in [5.41, 5.74) is 1.09. The van der Waals surface area contributed by atoms with Crippen molar-refractivity contribution >= 4 is 5.91 Å². The lowest BCUT2D eigenvalue weighted by Crippen LogP contribution is -2.44. The lowest BCUT2D eigenvalue weighted by Gasteiger charge is -2.31. The molecule has 6 heteroatoms. The number of rotatable bonds is 7. The molecule has 1 aliphatic heterocycles. The van der Waals surface area contributed by atoms with Crippen LogP contribution < -0.4 is 10.6 Å². The Bertz CT molecular complexity index is 447.